The van der Waals surface area contributed by atoms with Gasteiger partial charge in [0.15, 0.2) is 0 Å². The average Bonchev–Trinajstić information content (AvgIpc) is 2.27. The molecule has 0 aliphatic heterocycles. The van der Waals surface area contributed by atoms with Crippen LogP contribution in [0.5, 0.6) is 0 Å². The van der Waals surface area contributed by atoms with E-state index in [-0.39, 0.29) is 18.7 Å². The summed E-state index contributed by atoms with van der Waals surface area (Å²) in [6, 6.07) is 0.459. The second-order valence-electron chi connectivity index (χ2n) is 3.49. The van der Waals surface area contributed by atoms with Gasteiger partial charge in [-0.15, -0.1) is 0 Å². The number of hydrogen-bond donors (Lipinski definition) is 0. The van der Waals surface area contributed by atoms with Crippen LogP contribution in [-0.4, -0.2) is 12.6 Å². The van der Waals surface area contributed by atoms with E-state index in [4.69, 9.17) is 0 Å². The minimum Gasteiger partial charge on any atom is -0.461 e. The van der Waals surface area contributed by atoms with E-state index >= 15 is 0 Å². The number of alkyl halides is 5. The molecule has 0 saturated carbocycles. The minimum atomic E-state index is -5.00. The quantitative estimate of drug-likeness (QED) is 0.628. The molecule has 0 atom stereocenters. The lowest BCUT2D eigenvalue weighted by Gasteiger charge is -2.16. The first-order valence-corrected chi connectivity index (χ1v) is 5.03. The van der Waals surface area contributed by atoms with Crippen LogP contribution < -0.4 is 0 Å². The van der Waals surface area contributed by atoms with Gasteiger partial charge < -0.3 is 4.74 Å². The molecule has 0 heterocycles. The van der Waals surface area contributed by atoms with Crippen molar-refractivity contribution in [2.45, 2.75) is 19.0 Å². The van der Waals surface area contributed by atoms with Crippen LogP contribution in [0.3, 0.4) is 0 Å². The van der Waals surface area contributed by atoms with Crippen LogP contribution >= 0.6 is 0 Å². The Bertz CT molecular complexity index is 481. The highest BCUT2D eigenvalue weighted by atomic mass is 19.4. The Hall–Kier alpha value is -1.73. The van der Waals surface area contributed by atoms with E-state index in [0.29, 0.717) is 6.07 Å². The Morgan fingerprint density at radius 3 is 2.21 bits per heavy atom. The number of carbonyl (C=O) groups is 1. The molecular weight excluding hydrogens is 278 g/mol. The molecule has 0 unspecified atom stereocenters. The number of esters is 1. The van der Waals surface area contributed by atoms with E-state index in [9.17, 15) is 31.1 Å². The summed E-state index contributed by atoms with van der Waals surface area (Å²) in [5, 5.41) is 0. The highest BCUT2D eigenvalue weighted by molar-refractivity contribution is 5.79. The zero-order chi connectivity index (χ0) is 14.8. The molecule has 19 heavy (non-hydrogen) atoms. The summed E-state index contributed by atoms with van der Waals surface area (Å²) in [5.41, 5.74) is -2.88. The fourth-order valence-corrected chi connectivity index (χ4v) is 1.28. The molecule has 2 nitrogen and oxygen atoms in total. The lowest BCUT2D eigenvalue weighted by atomic mass is 10.1. The van der Waals surface area contributed by atoms with E-state index in [1.165, 1.54) is 6.92 Å². The zero-order valence-electron chi connectivity index (χ0n) is 9.52. The molecule has 1 rings (SSSR count). The van der Waals surface area contributed by atoms with Gasteiger partial charge in [-0.25, -0.2) is 9.18 Å². The van der Waals surface area contributed by atoms with Crippen molar-refractivity contribution in [1.29, 1.82) is 0 Å². The Labute approximate surface area is 104 Å². The third-order valence-corrected chi connectivity index (χ3v) is 2.17. The first-order valence-electron chi connectivity index (χ1n) is 5.03. The Kier molecular flexibility index (Phi) is 4.12. The van der Waals surface area contributed by atoms with Crippen LogP contribution in [0.2, 0.25) is 0 Å². The van der Waals surface area contributed by atoms with Crippen molar-refractivity contribution in [3.63, 3.8) is 0 Å². The molecular formula is C11H8F6O2. The van der Waals surface area contributed by atoms with Crippen molar-refractivity contribution >= 4 is 5.97 Å². The van der Waals surface area contributed by atoms with E-state index in [1.807, 2.05) is 0 Å². The van der Waals surface area contributed by atoms with E-state index < -0.39 is 35.0 Å². The van der Waals surface area contributed by atoms with Gasteiger partial charge in [-0.1, -0.05) is 6.07 Å². The molecule has 8 heteroatoms. The summed E-state index contributed by atoms with van der Waals surface area (Å²) in [6.45, 7) is 0.943. The summed E-state index contributed by atoms with van der Waals surface area (Å²) < 4.78 is 80.7. The molecule has 1 aromatic rings. The highest BCUT2D eigenvalue weighted by Crippen LogP contribution is 2.35. The van der Waals surface area contributed by atoms with Gasteiger partial charge in [-0.2, -0.15) is 22.0 Å². The summed E-state index contributed by atoms with van der Waals surface area (Å²) in [6.07, 6.45) is -5.00. The SMILES string of the molecule is CCOC(=O)C(F)(F)c1ccc(C(F)(F)F)c(F)c1. The smallest absolute Gasteiger partial charge is 0.419 e. The number of ether oxygens (including phenoxy) is 1. The Morgan fingerprint density at radius 1 is 1.21 bits per heavy atom. The molecule has 106 valence electrons. The van der Waals surface area contributed by atoms with Gasteiger partial charge in [0.1, 0.15) is 5.82 Å². The van der Waals surface area contributed by atoms with Crippen LogP contribution in [0.4, 0.5) is 26.3 Å². The van der Waals surface area contributed by atoms with Gasteiger partial charge in [-0.05, 0) is 19.1 Å². The number of halogens is 6. The maximum absolute atomic E-state index is 13.4. The normalized spacial score (nSPS) is 12.4. The lowest BCUT2D eigenvalue weighted by molar-refractivity contribution is -0.173. The summed E-state index contributed by atoms with van der Waals surface area (Å²) in [7, 11) is 0. The van der Waals surface area contributed by atoms with Crippen molar-refractivity contribution in [2.75, 3.05) is 6.61 Å². The second-order valence-corrected chi connectivity index (χ2v) is 3.49. The first-order chi connectivity index (χ1) is 8.60. The van der Waals surface area contributed by atoms with Crippen molar-refractivity contribution in [3.8, 4) is 0 Å². The Morgan fingerprint density at radius 2 is 1.79 bits per heavy atom. The largest absolute Gasteiger partial charge is 0.461 e. The monoisotopic (exact) mass is 286 g/mol. The Balaban J connectivity index is 3.17. The maximum Gasteiger partial charge on any atom is 0.419 e. The summed E-state index contributed by atoms with van der Waals surface area (Å²) in [5.74, 6) is -8.04. The van der Waals surface area contributed by atoms with Crippen LogP contribution in [-0.2, 0) is 21.6 Å². The van der Waals surface area contributed by atoms with Gasteiger partial charge in [0.05, 0.1) is 12.2 Å². The molecule has 0 N–H and O–H groups in total. The topological polar surface area (TPSA) is 26.3 Å². The maximum atomic E-state index is 13.4. The van der Waals surface area contributed by atoms with Crippen molar-refractivity contribution in [3.05, 3.63) is 35.1 Å². The molecule has 0 amide bonds. The van der Waals surface area contributed by atoms with Crippen LogP contribution in [0.15, 0.2) is 18.2 Å². The highest BCUT2D eigenvalue weighted by Gasteiger charge is 2.44. The van der Waals surface area contributed by atoms with E-state index in [0.717, 1.165) is 0 Å². The van der Waals surface area contributed by atoms with Gasteiger partial charge >= 0.3 is 18.1 Å². The van der Waals surface area contributed by atoms with Crippen molar-refractivity contribution < 1.29 is 35.9 Å². The predicted molar refractivity (Wildman–Crippen MR) is 51.9 cm³/mol. The van der Waals surface area contributed by atoms with Crippen molar-refractivity contribution in [1.82, 2.24) is 0 Å². The standard InChI is InChI=1S/C11H8F6O2/c1-2-19-9(18)10(13,14)6-3-4-7(8(12)5-6)11(15,16)17/h3-5H,2H2,1H3. The molecule has 0 aromatic heterocycles. The fourth-order valence-electron chi connectivity index (χ4n) is 1.28. The summed E-state index contributed by atoms with van der Waals surface area (Å²) >= 11 is 0. The van der Waals surface area contributed by atoms with Crippen LogP contribution in [0.1, 0.15) is 18.1 Å². The minimum absolute atomic E-state index is 0.0280. The van der Waals surface area contributed by atoms with Gasteiger partial charge in [0.25, 0.3) is 0 Å². The zero-order valence-corrected chi connectivity index (χ0v) is 9.52. The van der Waals surface area contributed by atoms with E-state index in [1.54, 1.807) is 0 Å². The molecule has 0 spiro atoms. The lowest BCUT2D eigenvalue weighted by Crippen LogP contribution is -2.28. The van der Waals surface area contributed by atoms with Gasteiger partial charge in [0.2, 0.25) is 0 Å². The molecule has 0 radical (unpaired) electrons. The third kappa shape index (κ3) is 3.18. The predicted octanol–water partition coefficient (Wildman–Crippen LogP) is 3.50. The van der Waals surface area contributed by atoms with Gasteiger partial charge in [-0.3, -0.25) is 0 Å². The number of hydrogen-bond acceptors (Lipinski definition) is 2. The fraction of sp³-hybridized carbons (Fsp3) is 0.364. The number of benzene rings is 1. The molecule has 0 fully saturated rings. The second kappa shape index (κ2) is 5.10. The average molecular weight is 286 g/mol. The third-order valence-electron chi connectivity index (χ3n) is 2.17. The van der Waals surface area contributed by atoms with E-state index in [2.05, 4.69) is 4.74 Å². The van der Waals surface area contributed by atoms with Crippen LogP contribution in [0.25, 0.3) is 0 Å². The molecule has 1 aromatic carbocycles. The molecule has 0 bridgehead atoms. The molecule has 0 aliphatic rings. The van der Waals surface area contributed by atoms with Crippen LogP contribution in [0, 0.1) is 5.82 Å². The number of rotatable bonds is 3. The number of carbonyl (C=O) groups excluding carboxylic acids is 1. The molecule has 0 aliphatic carbocycles. The molecule has 0 saturated heterocycles. The van der Waals surface area contributed by atoms with Gasteiger partial charge in [0, 0.05) is 5.56 Å². The first kappa shape index (κ1) is 15.3. The summed E-state index contributed by atoms with van der Waals surface area (Å²) in [4.78, 5) is 10.9. The van der Waals surface area contributed by atoms with Crippen molar-refractivity contribution in [2.24, 2.45) is 0 Å².